The van der Waals surface area contributed by atoms with Crippen molar-refractivity contribution >= 4 is 29.2 Å². The van der Waals surface area contributed by atoms with Crippen LogP contribution < -0.4 is 14.8 Å². The number of aromatic nitrogens is 1. The molecule has 1 aromatic heterocycles. The second kappa shape index (κ2) is 10.3. The molecule has 0 bridgehead atoms. The van der Waals surface area contributed by atoms with Gasteiger partial charge in [0, 0.05) is 11.8 Å². The van der Waals surface area contributed by atoms with E-state index in [1.54, 1.807) is 19.1 Å². The van der Waals surface area contributed by atoms with Crippen molar-refractivity contribution in [2.75, 3.05) is 11.9 Å². The summed E-state index contributed by atoms with van der Waals surface area (Å²) in [5.41, 5.74) is 1.13. The van der Waals surface area contributed by atoms with Gasteiger partial charge in [0.25, 0.3) is 0 Å². The Morgan fingerprint density at radius 1 is 1.20 bits per heavy atom. The van der Waals surface area contributed by atoms with Crippen LogP contribution in [0.3, 0.4) is 0 Å². The molecule has 182 valence electrons. The van der Waals surface area contributed by atoms with E-state index in [9.17, 15) is 19.2 Å². The van der Waals surface area contributed by atoms with Gasteiger partial charge in [0.2, 0.25) is 11.6 Å². The van der Waals surface area contributed by atoms with Gasteiger partial charge in [-0.05, 0) is 61.7 Å². The zero-order valence-corrected chi connectivity index (χ0v) is 19.7. The highest BCUT2D eigenvalue weighted by atomic mass is 35.5. The van der Waals surface area contributed by atoms with Crippen molar-refractivity contribution in [2.24, 2.45) is 5.92 Å². The van der Waals surface area contributed by atoms with Gasteiger partial charge in [0.05, 0.1) is 28.3 Å². The molecule has 1 amide bonds. The SMILES string of the molecule is CCOc1ccc(Cl)c(F)c1-c1ccc([C@H](CC2CC2)C(=O)Nc2ccc(C(=O)O)cc2)[n+]([O-])c1. The molecule has 0 spiro atoms. The fourth-order valence-corrected chi connectivity index (χ4v) is 4.12. The Morgan fingerprint density at radius 3 is 2.51 bits per heavy atom. The van der Waals surface area contributed by atoms with E-state index in [-0.39, 0.29) is 39.1 Å². The number of rotatable bonds is 9. The Labute approximate surface area is 206 Å². The van der Waals surface area contributed by atoms with Crippen LogP contribution >= 0.6 is 11.6 Å². The van der Waals surface area contributed by atoms with E-state index in [4.69, 9.17) is 21.4 Å². The van der Waals surface area contributed by atoms with E-state index < -0.39 is 17.7 Å². The molecule has 4 rings (SSSR count). The second-order valence-electron chi connectivity index (χ2n) is 8.44. The van der Waals surface area contributed by atoms with Gasteiger partial charge < -0.3 is 20.4 Å². The number of hydrogen-bond acceptors (Lipinski definition) is 4. The lowest BCUT2D eigenvalue weighted by Crippen LogP contribution is -2.37. The molecule has 2 N–H and O–H groups in total. The molecule has 0 aliphatic heterocycles. The fourth-order valence-electron chi connectivity index (χ4n) is 3.96. The third-order valence-electron chi connectivity index (χ3n) is 5.93. The largest absolute Gasteiger partial charge is 0.618 e. The molecule has 0 unspecified atom stereocenters. The van der Waals surface area contributed by atoms with Crippen molar-refractivity contribution in [3.63, 3.8) is 0 Å². The number of hydrogen-bond donors (Lipinski definition) is 2. The first-order valence-corrected chi connectivity index (χ1v) is 11.6. The summed E-state index contributed by atoms with van der Waals surface area (Å²) >= 11 is 5.97. The average Bonchev–Trinajstić information content (AvgIpc) is 3.65. The first kappa shape index (κ1) is 24.5. The van der Waals surface area contributed by atoms with Gasteiger partial charge in [-0.2, -0.15) is 4.73 Å². The van der Waals surface area contributed by atoms with E-state index in [1.807, 2.05) is 0 Å². The molecule has 7 nitrogen and oxygen atoms in total. The Morgan fingerprint density at radius 2 is 1.91 bits per heavy atom. The Bertz CT molecular complexity index is 1260. The molecular formula is C26H24ClFN2O5. The molecule has 3 aromatic rings. The molecular weight excluding hydrogens is 475 g/mol. The molecule has 1 aliphatic carbocycles. The lowest BCUT2D eigenvalue weighted by atomic mass is 9.95. The van der Waals surface area contributed by atoms with E-state index in [0.29, 0.717) is 29.4 Å². The number of nitrogens with one attached hydrogen (secondary N) is 1. The normalized spacial score (nSPS) is 13.8. The average molecular weight is 499 g/mol. The van der Waals surface area contributed by atoms with Gasteiger partial charge in [-0.1, -0.05) is 24.4 Å². The van der Waals surface area contributed by atoms with Crippen LogP contribution in [0.25, 0.3) is 11.1 Å². The van der Waals surface area contributed by atoms with Crippen molar-refractivity contribution in [3.05, 3.63) is 82.0 Å². The van der Waals surface area contributed by atoms with Crippen LogP contribution in [0.5, 0.6) is 5.75 Å². The highest BCUT2D eigenvalue weighted by Gasteiger charge is 2.35. The number of amides is 1. The van der Waals surface area contributed by atoms with Gasteiger partial charge in [-0.3, -0.25) is 4.79 Å². The third-order valence-corrected chi connectivity index (χ3v) is 6.22. The Kier molecular flexibility index (Phi) is 7.21. The monoisotopic (exact) mass is 498 g/mol. The van der Waals surface area contributed by atoms with Gasteiger partial charge in [-0.15, -0.1) is 0 Å². The lowest BCUT2D eigenvalue weighted by molar-refractivity contribution is -0.614. The zero-order chi connectivity index (χ0) is 25.1. The summed E-state index contributed by atoms with van der Waals surface area (Å²) in [4.78, 5) is 24.2. The summed E-state index contributed by atoms with van der Waals surface area (Å²) in [5.74, 6) is -2.26. The van der Waals surface area contributed by atoms with Crippen LogP contribution in [-0.2, 0) is 4.79 Å². The van der Waals surface area contributed by atoms with Crippen LogP contribution in [0.15, 0.2) is 54.7 Å². The summed E-state index contributed by atoms with van der Waals surface area (Å²) in [6.45, 7) is 2.07. The van der Waals surface area contributed by atoms with Gasteiger partial charge >= 0.3 is 5.97 Å². The molecule has 1 aliphatic rings. The molecule has 2 aromatic carbocycles. The molecule has 1 saturated carbocycles. The molecule has 1 fully saturated rings. The van der Waals surface area contributed by atoms with Crippen LogP contribution in [0, 0.1) is 16.9 Å². The van der Waals surface area contributed by atoms with E-state index in [0.717, 1.165) is 12.8 Å². The van der Waals surface area contributed by atoms with Crippen LogP contribution in [-0.4, -0.2) is 23.6 Å². The van der Waals surface area contributed by atoms with E-state index in [2.05, 4.69) is 5.32 Å². The highest BCUT2D eigenvalue weighted by molar-refractivity contribution is 6.31. The summed E-state index contributed by atoms with van der Waals surface area (Å²) < 4.78 is 21.0. The van der Waals surface area contributed by atoms with E-state index >= 15 is 0 Å². The molecule has 1 atom stereocenters. The summed E-state index contributed by atoms with van der Waals surface area (Å²) in [7, 11) is 0. The maximum absolute atomic E-state index is 14.9. The molecule has 0 saturated heterocycles. The van der Waals surface area contributed by atoms with Gasteiger partial charge in [0.15, 0.2) is 12.0 Å². The number of carbonyl (C=O) groups excluding carboxylic acids is 1. The summed E-state index contributed by atoms with van der Waals surface area (Å²) in [6.07, 6.45) is 3.69. The smallest absolute Gasteiger partial charge is 0.335 e. The Hall–Kier alpha value is -3.65. The highest BCUT2D eigenvalue weighted by Crippen LogP contribution is 2.40. The number of ether oxygens (including phenoxy) is 1. The van der Waals surface area contributed by atoms with Crippen LogP contribution in [0.1, 0.15) is 48.2 Å². The predicted octanol–water partition coefficient (Wildman–Crippen LogP) is 5.40. The van der Waals surface area contributed by atoms with Crippen molar-refractivity contribution < 1.29 is 28.6 Å². The first-order chi connectivity index (χ1) is 16.8. The van der Waals surface area contributed by atoms with Crippen molar-refractivity contribution in [1.82, 2.24) is 0 Å². The number of carbonyl (C=O) groups is 2. The predicted molar refractivity (Wildman–Crippen MR) is 129 cm³/mol. The van der Waals surface area contributed by atoms with Crippen molar-refractivity contribution in [1.29, 1.82) is 0 Å². The molecule has 9 heteroatoms. The number of halogens is 2. The van der Waals surface area contributed by atoms with Crippen molar-refractivity contribution in [2.45, 2.75) is 32.1 Å². The zero-order valence-electron chi connectivity index (χ0n) is 19.0. The molecule has 0 radical (unpaired) electrons. The standard InChI is InChI=1S/C26H24ClFN2O5/c1-2-35-22-12-10-20(27)24(28)23(22)17-7-11-21(30(34)14-17)19(13-15-3-4-15)25(31)29-18-8-5-16(6-9-18)26(32)33/h5-12,14-15,19H,2-4,13H2,1H3,(H,29,31)(H,32,33)/t19-/m0/s1. The number of anilines is 1. The number of nitrogens with zero attached hydrogens (tertiary/aromatic N) is 1. The molecule has 1 heterocycles. The molecule has 35 heavy (non-hydrogen) atoms. The second-order valence-corrected chi connectivity index (χ2v) is 8.85. The third kappa shape index (κ3) is 5.54. The van der Waals surface area contributed by atoms with Crippen LogP contribution in [0.2, 0.25) is 5.02 Å². The maximum atomic E-state index is 14.9. The van der Waals surface area contributed by atoms with Crippen molar-refractivity contribution in [3.8, 4) is 16.9 Å². The van der Waals surface area contributed by atoms with E-state index in [1.165, 1.54) is 42.6 Å². The first-order valence-electron chi connectivity index (χ1n) is 11.3. The minimum Gasteiger partial charge on any atom is -0.618 e. The van der Waals surface area contributed by atoms with Gasteiger partial charge in [0.1, 0.15) is 11.7 Å². The number of aromatic carboxylic acids is 1. The lowest BCUT2D eigenvalue weighted by Gasteiger charge is -2.18. The minimum absolute atomic E-state index is 0.0808. The Balaban J connectivity index is 1.64. The van der Waals surface area contributed by atoms with Gasteiger partial charge in [-0.25, -0.2) is 9.18 Å². The number of carboxylic acid groups (broad SMARTS) is 1. The van der Waals surface area contributed by atoms with Crippen LogP contribution in [0.4, 0.5) is 10.1 Å². The topological polar surface area (TPSA) is 103 Å². The number of benzene rings is 2. The quantitative estimate of drug-likeness (QED) is 0.304. The summed E-state index contributed by atoms with van der Waals surface area (Å²) in [5, 5.41) is 24.8. The fraction of sp³-hybridized carbons (Fsp3) is 0.269. The summed E-state index contributed by atoms with van der Waals surface area (Å²) in [6, 6.07) is 11.8. The number of carboxylic acids is 1. The minimum atomic E-state index is -1.06. The maximum Gasteiger partial charge on any atom is 0.335 e. The number of pyridine rings is 1.